The zero-order valence-corrected chi connectivity index (χ0v) is 21.1. The fraction of sp³-hybridized carbons (Fsp3) is 0.455. The molecule has 0 bridgehead atoms. The van der Waals surface area contributed by atoms with Crippen molar-refractivity contribution in [2.45, 2.75) is 49.1 Å². The molecule has 4 rings (SSSR count). The number of hydrogen-bond donors (Lipinski definition) is 6. The summed E-state index contributed by atoms with van der Waals surface area (Å²) in [6, 6.07) is 5.82. The van der Waals surface area contributed by atoms with Gasteiger partial charge in [-0.1, -0.05) is 0 Å². The molecule has 0 spiro atoms. The van der Waals surface area contributed by atoms with E-state index in [0.29, 0.717) is 0 Å². The van der Waals surface area contributed by atoms with Gasteiger partial charge in [-0.3, -0.25) is 14.2 Å². The molecule has 212 valence electrons. The van der Waals surface area contributed by atoms with E-state index in [1.807, 2.05) is 0 Å². The van der Waals surface area contributed by atoms with Gasteiger partial charge in [0.15, 0.2) is 37.0 Å². The van der Waals surface area contributed by atoms with E-state index in [-0.39, 0.29) is 11.1 Å². The largest absolute Gasteiger partial charge is 0.756 e. The van der Waals surface area contributed by atoms with Gasteiger partial charge in [0, 0.05) is 12.1 Å². The van der Waals surface area contributed by atoms with Crippen molar-refractivity contribution in [1.82, 2.24) is 0 Å². The van der Waals surface area contributed by atoms with Crippen LogP contribution < -0.4 is 25.5 Å². The predicted octanol–water partition coefficient (Wildman–Crippen LogP) is -4.10. The lowest BCUT2D eigenvalue weighted by molar-refractivity contribution is -0.766. The Hall–Kier alpha value is -2.89. The molecule has 2 aromatic rings. The van der Waals surface area contributed by atoms with E-state index in [9.17, 15) is 39.5 Å². The summed E-state index contributed by atoms with van der Waals surface area (Å²) < 4.78 is 35.6. The smallest absolute Gasteiger partial charge is 0.292 e. The quantitative estimate of drug-likeness (QED) is 0.118. The van der Waals surface area contributed by atoms with Crippen molar-refractivity contribution in [3.63, 3.8) is 0 Å². The molecule has 2 saturated heterocycles. The Bertz CT molecular complexity index is 1180. The number of carbonyl (C=O) groups excluding carboxylic acids is 2. The molecule has 0 saturated carbocycles. The van der Waals surface area contributed by atoms with Crippen LogP contribution in [0, 0.1) is 0 Å². The molecule has 2 aromatic heterocycles. The number of carbonyl (C=O) groups is 2. The zero-order chi connectivity index (χ0) is 28.5. The Morgan fingerprint density at radius 1 is 0.821 bits per heavy atom. The van der Waals surface area contributed by atoms with Crippen LogP contribution in [0.4, 0.5) is 0 Å². The molecule has 2 amide bonds. The van der Waals surface area contributed by atoms with Crippen LogP contribution in [0.5, 0.6) is 0 Å². The van der Waals surface area contributed by atoms with E-state index in [1.165, 1.54) is 58.2 Å². The molecular weight excluding hydrogens is 543 g/mol. The van der Waals surface area contributed by atoms with Gasteiger partial charge in [0.2, 0.25) is 0 Å². The summed E-state index contributed by atoms with van der Waals surface area (Å²) in [5, 5.41) is 41.4. The van der Waals surface area contributed by atoms with Crippen LogP contribution in [0.1, 0.15) is 33.2 Å². The first kappa shape index (κ1) is 29.1. The number of amides is 2. The van der Waals surface area contributed by atoms with Gasteiger partial charge in [-0.2, -0.15) is 9.13 Å². The number of aliphatic hydroxyl groups is 4. The van der Waals surface area contributed by atoms with Gasteiger partial charge in [0.05, 0.1) is 13.2 Å². The lowest BCUT2D eigenvalue weighted by Crippen LogP contribution is -2.46. The summed E-state index contributed by atoms with van der Waals surface area (Å²) in [7, 11) is -5.05. The number of aliphatic hydroxyl groups excluding tert-OH is 4. The second kappa shape index (κ2) is 11.7. The number of pyridine rings is 2. The van der Waals surface area contributed by atoms with Crippen LogP contribution >= 0.6 is 7.82 Å². The highest BCUT2D eigenvalue weighted by atomic mass is 31.2. The molecule has 0 aliphatic carbocycles. The molecular formula is C22H28N4O12P+. The zero-order valence-electron chi connectivity index (χ0n) is 20.2. The summed E-state index contributed by atoms with van der Waals surface area (Å²) in [6.07, 6.45) is -5.54. The summed E-state index contributed by atoms with van der Waals surface area (Å²) in [5.41, 5.74) is 10.7. The Kier molecular flexibility index (Phi) is 8.72. The molecule has 4 heterocycles. The highest BCUT2D eigenvalue weighted by molar-refractivity contribution is 7.45. The Labute approximate surface area is 221 Å². The van der Waals surface area contributed by atoms with Gasteiger partial charge >= 0.3 is 0 Å². The second-order valence-corrected chi connectivity index (χ2v) is 10.4. The Morgan fingerprint density at radius 2 is 1.21 bits per heavy atom. The van der Waals surface area contributed by atoms with Crippen LogP contribution in [0.3, 0.4) is 0 Å². The molecule has 8 N–H and O–H groups in total. The van der Waals surface area contributed by atoms with E-state index >= 15 is 0 Å². The number of hydrogen-bond acceptors (Lipinski definition) is 12. The van der Waals surface area contributed by atoms with Crippen molar-refractivity contribution in [3.05, 3.63) is 60.2 Å². The molecule has 8 atom stereocenters. The van der Waals surface area contributed by atoms with Crippen molar-refractivity contribution in [3.8, 4) is 0 Å². The van der Waals surface area contributed by atoms with Gasteiger partial charge in [-0.25, -0.2) is 0 Å². The molecule has 0 aromatic carbocycles. The second-order valence-electron chi connectivity index (χ2n) is 8.94. The number of ether oxygens (including phenoxy) is 2. The van der Waals surface area contributed by atoms with Gasteiger partial charge in [0.1, 0.15) is 35.5 Å². The Morgan fingerprint density at radius 3 is 1.56 bits per heavy atom. The van der Waals surface area contributed by atoms with Crippen LogP contribution in [0.2, 0.25) is 0 Å². The summed E-state index contributed by atoms with van der Waals surface area (Å²) in [5.74, 6) is -1.45. The number of nitrogens with zero attached hydrogens (tertiary/aromatic N) is 2. The van der Waals surface area contributed by atoms with Crippen molar-refractivity contribution in [2.24, 2.45) is 11.5 Å². The third-order valence-corrected chi connectivity index (χ3v) is 7.20. The van der Waals surface area contributed by atoms with Crippen LogP contribution in [0.25, 0.3) is 0 Å². The monoisotopic (exact) mass is 571 g/mol. The first-order valence-corrected chi connectivity index (χ1v) is 13.1. The lowest BCUT2D eigenvalue weighted by Gasteiger charge is -2.26. The summed E-state index contributed by atoms with van der Waals surface area (Å²) in [4.78, 5) is 35.2. The molecule has 0 unspecified atom stereocenters. The number of phosphoric ester groups is 1. The molecule has 0 radical (unpaired) electrons. The minimum Gasteiger partial charge on any atom is -0.756 e. The SMILES string of the molecule is NC(=O)c1ccc[n+]([C@@H]2O[C@H](COP(=O)([O-])OC[C@H]3O[C@@H]([n+]4cccc(C(N)=O)c4)[C@H](O)[C@@H]3O)[C@@H](O)[C@H]2O)c1. The average molecular weight is 571 g/mol. The van der Waals surface area contributed by atoms with Gasteiger partial charge in [0.25, 0.3) is 32.1 Å². The van der Waals surface area contributed by atoms with Gasteiger partial charge in [-0.05, 0) is 12.1 Å². The van der Waals surface area contributed by atoms with Crippen molar-refractivity contribution in [2.75, 3.05) is 13.2 Å². The van der Waals surface area contributed by atoms with Crippen LogP contribution in [-0.4, -0.2) is 82.1 Å². The molecule has 2 aliphatic rings. The standard InChI is InChI=1S/C22H27N4O12P/c23-19(31)11-3-1-5-25(7-11)21-17(29)15(27)13(37-21)9-35-39(33,34)36-10-14-16(28)18(30)22(38-14)26-6-2-4-12(8-26)20(24)32/h1-8,13-18,21-22,27-30H,9-10H2,(H3-2,23,24,31,32,33,34)/p+1/t13-,14-,15-,16-,17-,18-,21-,22-/m1/s1. The van der Waals surface area contributed by atoms with E-state index < -0.39 is 81.9 Å². The predicted molar refractivity (Wildman–Crippen MR) is 122 cm³/mol. The van der Waals surface area contributed by atoms with E-state index in [2.05, 4.69) is 0 Å². The van der Waals surface area contributed by atoms with Crippen LogP contribution in [0.15, 0.2) is 49.1 Å². The van der Waals surface area contributed by atoms with Gasteiger partial charge in [-0.15, -0.1) is 0 Å². The third kappa shape index (κ3) is 6.47. The van der Waals surface area contributed by atoms with E-state index in [4.69, 9.17) is 30.0 Å². The normalized spacial score (nSPS) is 32.1. The fourth-order valence-electron chi connectivity index (χ4n) is 4.19. The van der Waals surface area contributed by atoms with E-state index in [1.54, 1.807) is 0 Å². The highest BCUT2D eigenvalue weighted by Gasteiger charge is 2.50. The lowest BCUT2D eigenvalue weighted by atomic mass is 10.1. The maximum Gasteiger partial charge on any atom is 0.292 e. The third-order valence-electron chi connectivity index (χ3n) is 6.27. The number of phosphoric acid groups is 1. The van der Waals surface area contributed by atoms with Crippen molar-refractivity contribution in [1.29, 1.82) is 0 Å². The van der Waals surface area contributed by atoms with Crippen molar-refractivity contribution < 1.29 is 67.1 Å². The number of aromatic nitrogens is 2. The summed E-state index contributed by atoms with van der Waals surface area (Å²) >= 11 is 0. The summed E-state index contributed by atoms with van der Waals surface area (Å²) in [6.45, 7) is -1.47. The van der Waals surface area contributed by atoms with Gasteiger partial charge < -0.3 is 55.3 Å². The molecule has 39 heavy (non-hydrogen) atoms. The number of nitrogens with two attached hydrogens (primary N) is 2. The Balaban J connectivity index is 1.33. The topological polar surface area (TPSA) is 252 Å². The number of rotatable bonds is 10. The molecule has 2 fully saturated rings. The first-order chi connectivity index (χ1) is 18.4. The average Bonchev–Trinajstić information content (AvgIpc) is 3.36. The maximum absolute atomic E-state index is 12.3. The highest BCUT2D eigenvalue weighted by Crippen LogP contribution is 2.41. The molecule has 16 nitrogen and oxygen atoms in total. The molecule has 17 heteroatoms. The molecule has 2 aliphatic heterocycles. The minimum atomic E-state index is -5.05. The first-order valence-electron chi connectivity index (χ1n) is 11.6. The fourth-order valence-corrected chi connectivity index (χ4v) is 4.92. The number of primary amides is 2. The maximum atomic E-state index is 12.3. The van der Waals surface area contributed by atoms with Crippen LogP contribution in [-0.2, 0) is 23.1 Å². The minimum absolute atomic E-state index is 0.114. The van der Waals surface area contributed by atoms with Crippen molar-refractivity contribution >= 4 is 19.6 Å². The van der Waals surface area contributed by atoms with E-state index in [0.717, 1.165) is 0 Å².